The number of hydrogen-bond donors (Lipinski definition) is 1. The molecule has 7 nitrogen and oxygen atoms in total. The van der Waals surface area contributed by atoms with E-state index in [1.54, 1.807) is 47.5 Å². The maximum absolute atomic E-state index is 12.8. The van der Waals surface area contributed by atoms with Gasteiger partial charge in [0.05, 0.1) is 12.8 Å². The predicted molar refractivity (Wildman–Crippen MR) is 114 cm³/mol. The van der Waals surface area contributed by atoms with Gasteiger partial charge < -0.3 is 15.0 Å². The molecule has 2 heterocycles. The third kappa shape index (κ3) is 4.45. The van der Waals surface area contributed by atoms with Crippen molar-refractivity contribution in [2.75, 3.05) is 28.8 Å². The van der Waals surface area contributed by atoms with Gasteiger partial charge in [-0.1, -0.05) is 18.7 Å². The number of pyridine rings is 1. The predicted octanol–water partition coefficient (Wildman–Crippen LogP) is 3.71. The van der Waals surface area contributed by atoms with Crippen LogP contribution >= 0.6 is 0 Å². The lowest BCUT2D eigenvalue weighted by atomic mass is 10.1. The Morgan fingerprint density at radius 2 is 2.14 bits per heavy atom. The first-order valence-corrected chi connectivity index (χ1v) is 9.37. The third-order valence-electron chi connectivity index (χ3n) is 4.51. The summed E-state index contributed by atoms with van der Waals surface area (Å²) < 4.78 is 5.16. The first kappa shape index (κ1) is 20.1. The van der Waals surface area contributed by atoms with Gasteiger partial charge >= 0.3 is 0 Å². The van der Waals surface area contributed by atoms with Crippen LogP contribution in [0.2, 0.25) is 0 Å². The van der Waals surface area contributed by atoms with Gasteiger partial charge in [0, 0.05) is 37.1 Å². The maximum Gasteiger partial charge on any atom is 0.274 e. The summed E-state index contributed by atoms with van der Waals surface area (Å²) >= 11 is 0. The highest BCUT2D eigenvalue weighted by molar-refractivity contribution is 6.12. The number of anilines is 3. The van der Waals surface area contributed by atoms with Crippen molar-refractivity contribution in [2.24, 2.45) is 0 Å². The fourth-order valence-electron chi connectivity index (χ4n) is 3.13. The standard InChI is InChI=1S/C22H24N4O3/c1-4-13-25-16(2)22(28)26(19-10-6-12-23-21(19)25)14-7-11-20(27)24-17-8-5-9-18(15-17)29-3/h4-6,8-10,12-13,15H,2,7,11,14H2,1,3H3,(H,24,27)/b13-4-. The van der Waals surface area contributed by atoms with E-state index < -0.39 is 0 Å². The Morgan fingerprint density at radius 1 is 1.31 bits per heavy atom. The molecule has 0 atom stereocenters. The van der Waals surface area contributed by atoms with Crippen molar-refractivity contribution in [3.05, 3.63) is 67.1 Å². The minimum Gasteiger partial charge on any atom is -0.497 e. The highest BCUT2D eigenvalue weighted by Gasteiger charge is 2.32. The second kappa shape index (κ2) is 9.05. The zero-order valence-corrected chi connectivity index (χ0v) is 16.6. The molecule has 0 unspecified atom stereocenters. The van der Waals surface area contributed by atoms with Gasteiger partial charge in [-0.05, 0) is 37.6 Å². The van der Waals surface area contributed by atoms with Gasteiger partial charge in [-0.25, -0.2) is 4.98 Å². The van der Waals surface area contributed by atoms with Crippen molar-refractivity contribution >= 4 is 29.0 Å². The van der Waals surface area contributed by atoms with E-state index in [1.807, 2.05) is 31.2 Å². The van der Waals surface area contributed by atoms with Gasteiger partial charge in [-0.2, -0.15) is 0 Å². The Bertz CT molecular complexity index is 955. The molecule has 0 aliphatic carbocycles. The lowest BCUT2D eigenvalue weighted by Gasteiger charge is -2.35. The average Bonchev–Trinajstić information content (AvgIpc) is 2.73. The summed E-state index contributed by atoms with van der Waals surface area (Å²) in [5.74, 6) is 1.01. The highest BCUT2D eigenvalue weighted by Crippen LogP contribution is 2.35. The SMILES string of the molecule is C=C1C(=O)N(CCCC(=O)Nc2cccc(OC)c2)c2cccnc2N1/C=C\C. The second-order valence-electron chi connectivity index (χ2n) is 6.49. The summed E-state index contributed by atoms with van der Waals surface area (Å²) in [6.07, 6.45) is 6.06. The van der Waals surface area contributed by atoms with E-state index in [0.29, 0.717) is 41.6 Å². The fourth-order valence-corrected chi connectivity index (χ4v) is 3.13. The van der Waals surface area contributed by atoms with E-state index in [0.717, 1.165) is 0 Å². The smallest absolute Gasteiger partial charge is 0.274 e. The number of allylic oxidation sites excluding steroid dienone is 1. The number of hydrogen-bond acceptors (Lipinski definition) is 5. The van der Waals surface area contributed by atoms with E-state index in [9.17, 15) is 9.59 Å². The van der Waals surface area contributed by atoms with Crippen LogP contribution in [0.3, 0.4) is 0 Å². The number of carbonyl (C=O) groups excluding carboxylic acids is 2. The van der Waals surface area contributed by atoms with Crippen LogP contribution in [0, 0.1) is 0 Å². The van der Waals surface area contributed by atoms with E-state index in [4.69, 9.17) is 4.74 Å². The van der Waals surface area contributed by atoms with Crippen molar-refractivity contribution in [3.8, 4) is 5.75 Å². The molecular weight excluding hydrogens is 368 g/mol. The number of nitrogens with zero attached hydrogens (tertiary/aromatic N) is 3. The van der Waals surface area contributed by atoms with E-state index in [1.165, 1.54) is 0 Å². The van der Waals surface area contributed by atoms with Gasteiger partial charge in [0.1, 0.15) is 11.4 Å². The normalized spacial score (nSPS) is 13.6. The second-order valence-corrected chi connectivity index (χ2v) is 6.49. The minimum atomic E-state index is -0.197. The molecule has 1 aliphatic rings. The zero-order chi connectivity index (χ0) is 20.8. The molecule has 7 heteroatoms. The molecule has 1 aromatic carbocycles. The number of fused-ring (bicyclic) bond motifs is 1. The Kier molecular flexibility index (Phi) is 6.29. The largest absolute Gasteiger partial charge is 0.497 e. The molecular formula is C22H24N4O3. The van der Waals surface area contributed by atoms with E-state index in [2.05, 4.69) is 16.9 Å². The van der Waals surface area contributed by atoms with Crippen LogP contribution in [-0.4, -0.2) is 30.5 Å². The summed E-state index contributed by atoms with van der Waals surface area (Å²) in [6.45, 7) is 6.18. The molecule has 0 spiro atoms. The highest BCUT2D eigenvalue weighted by atomic mass is 16.5. The molecule has 3 rings (SSSR count). The minimum absolute atomic E-state index is 0.122. The molecule has 2 aromatic rings. The lowest BCUT2D eigenvalue weighted by molar-refractivity contribution is -0.117. The van der Waals surface area contributed by atoms with Crippen LogP contribution in [-0.2, 0) is 9.59 Å². The van der Waals surface area contributed by atoms with Crippen LogP contribution in [0.25, 0.3) is 0 Å². The van der Waals surface area contributed by atoms with Gasteiger partial charge in [-0.3, -0.25) is 14.5 Å². The van der Waals surface area contributed by atoms with E-state index in [-0.39, 0.29) is 18.2 Å². The maximum atomic E-state index is 12.8. The Balaban J connectivity index is 1.65. The van der Waals surface area contributed by atoms with Crippen molar-refractivity contribution in [2.45, 2.75) is 19.8 Å². The Hall–Kier alpha value is -3.61. The monoisotopic (exact) mass is 392 g/mol. The molecule has 0 radical (unpaired) electrons. The molecule has 29 heavy (non-hydrogen) atoms. The van der Waals surface area contributed by atoms with Crippen molar-refractivity contribution in [1.29, 1.82) is 0 Å². The lowest BCUT2D eigenvalue weighted by Crippen LogP contribution is -2.42. The number of rotatable bonds is 7. The van der Waals surface area contributed by atoms with Gasteiger partial charge in [0.2, 0.25) is 5.91 Å². The molecule has 150 valence electrons. The number of aromatic nitrogens is 1. The Labute approximate surface area is 170 Å². The van der Waals surface area contributed by atoms with Crippen LogP contribution < -0.4 is 19.9 Å². The number of benzene rings is 1. The van der Waals surface area contributed by atoms with Crippen LogP contribution in [0.4, 0.5) is 17.2 Å². The fraction of sp³-hybridized carbons (Fsp3) is 0.227. The molecule has 0 saturated heterocycles. The van der Waals surface area contributed by atoms with Crippen LogP contribution in [0.15, 0.2) is 67.1 Å². The molecule has 1 aliphatic heterocycles. The summed E-state index contributed by atoms with van der Waals surface area (Å²) in [4.78, 5) is 32.8. The molecule has 2 amide bonds. The first-order valence-electron chi connectivity index (χ1n) is 9.37. The molecule has 0 fully saturated rings. The number of methoxy groups -OCH3 is 1. The van der Waals surface area contributed by atoms with Gasteiger partial charge in [-0.15, -0.1) is 0 Å². The molecule has 1 N–H and O–H groups in total. The Morgan fingerprint density at radius 3 is 2.90 bits per heavy atom. The quantitative estimate of drug-likeness (QED) is 0.727. The van der Waals surface area contributed by atoms with Gasteiger partial charge in [0.25, 0.3) is 5.91 Å². The summed E-state index contributed by atoms with van der Waals surface area (Å²) in [5, 5.41) is 2.85. The number of nitrogens with one attached hydrogen (secondary N) is 1. The zero-order valence-electron chi connectivity index (χ0n) is 16.6. The van der Waals surface area contributed by atoms with E-state index >= 15 is 0 Å². The molecule has 0 saturated carbocycles. The van der Waals surface area contributed by atoms with Crippen LogP contribution in [0.1, 0.15) is 19.8 Å². The first-order chi connectivity index (χ1) is 14.0. The summed E-state index contributed by atoms with van der Waals surface area (Å²) in [7, 11) is 1.58. The number of ether oxygens (including phenoxy) is 1. The van der Waals surface area contributed by atoms with Gasteiger partial charge in [0.15, 0.2) is 5.82 Å². The average molecular weight is 392 g/mol. The van der Waals surface area contributed by atoms with Crippen molar-refractivity contribution in [1.82, 2.24) is 4.98 Å². The molecule has 0 bridgehead atoms. The molecule has 1 aromatic heterocycles. The summed E-state index contributed by atoms with van der Waals surface area (Å²) in [5.41, 5.74) is 1.71. The van der Waals surface area contributed by atoms with Crippen molar-refractivity contribution in [3.63, 3.8) is 0 Å². The number of amides is 2. The third-order valence-corrected chi connectivity index (χ3v) is 4.51. The topological polar surface area (TPSA) is 74.8 Å². The number of carbonyl (C=O) groups is 2. The summed E-state index contributed by atoms with van der Waals surface area (Å²) in [6, 6.07) is 10.8. The van der Waals surface area contributed by atoms with Crippen LogP contribution in [0.5, 0.6) is 5.75 Å². The van der Waals surface area contributed by atoms with Crippen molar-refractivity contribution < 1.29 is 14.3 Å².